The Hall–Kier alpha value is -1.31. The first-order chi connectivity index (χ1) is 6.34. The van der Waals surface area contributed by atoms with Crippen molar-refractivity contribution in [3.8, 4) is 0 Å². The van der Waals surface area contributed by atoms with Crippen LogP contribution in [0.5, 0.6) is 0 Å². The van der Waals surface area contributed by atoms with Crippen LogP contribution in [0, 0.1) is 6.92 Å². The predicted octanol–water partition coefficient (Wildman–Crippen LogP) is 2.13. The molecule has 0 aliphatic heterocycles. The van der Waals surface area contributed by atoms with Gasteiger partial charge in [-0.25, -0.2) is 4.52 Å². The monoisotopic (exact) mass is 172 g/mol. The molecule has 0 N–H and O–H groups in total. The summed E-state index contributed by atoms with van der Waals surface area (Å²) in [5.41, 5.74) is 5.46. The number of fused-ring (bicyclic) bond motifs is 3. The number of pyridine rings is 1. The molecule has 2 nitrogen and oxygen atoms in total. The van der Waals surface area contributed by atoms with Crippen LogP contribution >= 0.6 is 0 Å². The van der Waals surface area contributed by atoms with Gasteiger partial charge >= 0.3 is 0 Å². The molecule has 2 aromatic rings. The molecule has 0 unspecified atom stereocenters. The van der Waals surface area contributed by atoms with E-state index < -0.39 is 0 Å². The number of aromatic nitrogens is 2. The number of hydrogen-bond donors (Lipinski definition) is 0. The van der Waals surface area contributed by atoms with Crippen molar-refractivity contribution < 1.29 is 0 Å². The van der Waals surface area contributed by atoms with Crippen LogP contribution in [-0.2, 0) is 12.8 Å². The minimum absolute atomic E-state index is 1.11. The maximum absolute atomic E-state index is 4.41. The summed E-state index contributed by atoms with van der Waals surface area (Å²) in [6.45, 7) is 2.05. The van der Waals surface area contributed by atoms with Crippen molar-refractivity contribution in [1.82, 2.24) is 9.61 Å². The molecule has 2 aromatic heterocycles. The van der Waals surface area contributed by atoms with Gasteiger partial charge in [0.2, 0.25) is 0 Å². The van der Waals surface area contributed by atoms with Crippen molar-refractivity contribution in [1.29, 1.82) is 0 Å². The van der Waals surface area contributed by atoms with Gasteiger partial charge in [0, 0.05) is 6.20 Å². The fourth-order valence-electron chi connectivity index (χ4n) is 2.26. The number of nitrogens with zero attached hydrogens (tertiary/aromatic N) is 2. The van der Waals surface area contributed by atoms with E-state index in [1.54, 1.807) is 0 Å². The molecule has 0 atom stereocenters. The standard InChI is InChI=1S/C11H12N2/c1-8-7-11-10-4-2-3-9(10)5-6-13(11)12-8/h5-7H,2-4H2,1H3. The molecule has 0 bridgehead atoms. The Kier molecular flexibility index (Phi) is 1.29. The van der Waals surface area contributed by atoms with E-state index in [0.29, 0.717) is 0 Å². The van der Waals surface area contributed by atoms with Crippen LogP contribution in [0.1, 0.15) is 23.2 Å². The molecule has 0 saturated heterocycles. The average Bonchev–Trinajstić information content (AvgIpc) is 2.65. The summed E-state index contributed by atoms with van der Waals surface area (Å²) in [5.74, 6) is 0. The molecule has 13 heavy (non-hydrogen) atoms. The Morgan fingerprint density at radius 1 is 1.38 bits per heavy atom. The summed E-state index contributed by atoms with van der Waals surface area (Å²) in [5, 5.41) is 4.41. The van der Waals surface area contributed by atoms with Crippen molar-refractivity contribution in [3.63, 3.8) is 0 Å². The third kappa shape index (κ3) is 0.916. The van der Waals surface area contributed by atoms with E-state index in [1.165, 1.54) is 35.9 Å². The summed E-state index contributed by atoms with van der Waals surface area (Å²) in [6.07, 6.45) is 5.85. The predicted molar refractivity (Wildman–Crippen MR) is 52.0 cm³/mol. The summed E-state index contributed by atoms with van der Waals surface area (Å²) in [6, 6.07) is 4.39. The normalized spacial score (nSPS) is 15.2. The smallest absolute Gasteiger partial charge is 0.0699 e. The molecule has 66 valence electrons. The molecule has 0 spiro atoms. The van der Waals surface area contributed by atoms with Crippen LogP contribution in [0.4, 0.5) is 0 Å². The van der Waals surface area contributed by atoms with Crippen LogP contribution in [0.25, 0.3) is 5.52 Å². The van der Waals surface area contributed by atoms with E-state index in [9.17, 15) is 0 Å². The van der Waals surface area contributed by atoms with Crippen LogP contribution in [0.15, 0.2) is 18.3 Å². The van der Waals surface area contributed by atoms with Gasteiger partial charge in [0.25, 0.3) is 0 Å². The highest BCUT2D eigenvalue weighted by atomic mass is 15.2. The van der Waals surface area contributed by atoms with Gasteiger partial charge in [-0.1, -0.05) is 0 Å². The molecule has 1 aliphatic rings. The highest BCUT2D eigenvalue weighted by molar-refractivity contribution is 5.59. The Labute approximate surface area is 77.2 Å². The van der Waals surface area contributed by atoms with Crippen molar-refractivity contribution in [2.45, 2.75) is 26.2 Å². The SMILES string of the molecule is Cc1cc2c3c(ccn2n1)CCC3. The first-order valence-electron chi connectivity index (χ1n) is 4.81. The minimum atomic E-state index is 1.11. The number of aryl methyl sites for hydroxylation is 3. The average molecular weight is 172 g/mol. The van der Waals surface area contributed by atoms with E-state index in [2.05, 4.69) is 23.4 Å². The molecular formula is C11H12N2. The highest BCUT2D eigenvalue weighted by Crippen LogP contribution is 2.25. The minimum Gasteiger partial charge on any atom is -0.240 e. The van der Waals surface area contributed by atoms with Crippen LogP contribution in [-0.4, -0.2) is 9.61 Å². The molecule has 0 radical (unpaired) electrons. The molecule has 0 aromatic carbocycles. The van der Waals surface area contributed by atoms with Crippen molar-refractivity contribution >= 4 is 5.52 Å². The maximum atomic E-state index is 4.41. The Morgan fingerprint density at radius 2 is 2.31 bits per heavy atom. The highest BCUT2D eigenvalue weighted by Gasteiger charge is 2.14. The topological polar surface area (TPSA) is 17.3 Å². The molecule has 1 aliphatic carbocycles. The van der Waals surface area contributed by atoms with E-state index in [1.807, 2.05) is 11.4 Å². The molecule has 0 fully saturated rings. The Bertz CT molecular complexity index is 468. The Morgan fingerprint density at radius 3 is 3.23 bits per heavy atom. The largest absolute Gasteiger partial charge is 0.240 e. The third-order valence-corrected chi connectivity index (χ3v) is 2.84. The molecule has 3 rings (SSSR count). The zero-order chi connectivity index (χ0) is 8.84. The summed E-state index contributed by atoms with van der Waals surface area (Å²) < 4.78 is 2.00. The molecule has 2 heterocycles. The van der Waals surface area contributed by atoms with Crippen molar-refractivity contribution in [3.05, 3.63) is 35.2 Å². The molecule has 2 heteroatoms. The zero-order valence-electron chi connectivity index (χ0n) is 7.75. The lowest BCUT2D eigenvalue weighted by molar-refractivity contribution is 0.910. The van der Waals surface area contributed by atoms with Gasteiger partial charge in [-0.3, -0.25) is 0 Å². The quantitative estimate of drug-likeness (QED) is 0.595. The molecular weight excluding hydrogens is 160 g/mol. The fourth-order valence-corrected chi connectivity index (χ4v) is 2.26. The van der Waals surface area contributed by atoms with E-state index in [-0.39, 0.29) is 0 Å². The van der Waals surface area contributed by atoms with Gasteiger partial charge in [0.1, 0.15) is 0 Å². The van der Waals surface area contributed by atoms with Crippen molar-refractivity contribution in [2.24, 2.45) is 0 Å². The molecule has 0 amide bonds. The first kappa shape index (κ1) is 7.13. The summed E-state index contributed by atoms with van der Waals surface area (Å²) in [7, 11) is 0. The lowest BCUT2D eigenvalue weighted by Gasteiger charge is -2.00. The first-order valence-corrected chi connectivity index (χ1v) is 4.81. The third-order valence-electron chi connectivity index (χ3n) is 2.84. The van der Waals surface area contributed by atoms with E-state index in [0.717, 1.165) is 5.69 Å². The Balaban J connectivity index is 2.42. The number of rotatable bonds is 0. The lowest BCUT2D eigenvalue weighted by Crippen LogP contribution is -1.91. The van der Waals surface area contributed by atoms with Gasteiger partial charge in [0.15, 0.2) is 0 Å². The fraction of sp³-hybridized carbons (Fsp3) is 0.364. The van der Waals surface area contributed by atoms with E-state index >= 15 is 0 Å². The second-order valence-corrected chi connectivity index (χ2v) is 3.79. The summed E-state index contributed by atoms with van der Waals surface area (Å²) >= 11 is 0. The van der Waals surface area contributed by atoms with E-state index in [4.69, 9.17) is 0 Å². The summed E-state index contributed by atoms with van der Waals surface area (Å²) in [4.78, 5) is 0. The van der Waals surface area contributed by atoms with Crippen LogP contribution in [0.3, 0.4) is 0 Å². The van der Waals surface area contributed by atoms with Gasteiger partial charge in [-0.05, 0) is 49.4 Å². The second-order valence-electron chi connectivity index (χ2n) is 3.79. The molecule has 0 saturated carbocycles. The van der Waals surface area contributed by atoms with Gasteiger partial charge in [-0.15, -0.1) is 0 Å². The van der Waals surface area contributed by atoms with Crippen molar-refractivity contribution in [2.75, 3.05) is 0 Å². The zero-order valence-corrected chi connectivity index (χ0v) is 7.75. The maximum Gasteiger partial charge on any atom is 0.0699 e. The lowest BCUT2D eigenvalue weighted by atomic mass is 10.1. The van der Waals surface area contributed by atoms with Gasteiger partial charge in [0.05, 0.1) is 11.2 Å². The van der Waals surface area contributed by atoms with Crippen LogP contribution in [0.2, 0.25) is 0 Å². The van der Waals surface area contributed by atoms with Gasteiger partial charge in [-0.2, -0.15) is 5.10 Å². The van der Waals surface area contributed by atoms with Crippen LogP contribution < -0.4 is 0 Å². The van der Waals surface area contributed by atoms with Gasteiger partial charge < -0.3 is 0 Å². The second kappa shape index (κ2) is 2.34. The number of hydrogen-bond acceptors (Lipinski definition) is 1.